The van der Waals surface area contributed by atoms with E-state index in [-0.39, 0.29) is 0 Å². The SMILES string of the molecule is CCCCc1ccc2c(c1)c1cc(N(c3ccccc3)c3ccc(C=Cc4ccc(N(c5ccccc5)c5ccc6c(c5)c5cc(CCCC)ccc5n6-c5ccccc5)cc4)cc3)ccc1n2-c1ccccc1. The minimum Gasteiger partial charge on any atom is -0.310 e. The molecule has 0 saturated carbocycles. The van der Waals surface area contributed by atoms with Crippen LogP contribution in [0.15, 0.2) is 243 Å². The van der Waals surface area contributed by atoms with Gasteiger partial charge in [0.15, 0.2) is 0 Å². The maximum atomic E-state index is 2.42. The maximum Gasteiger partial charge on any atom is 0.0542 e. The molecule has 0 radical (unpaired) electrons. The van der Waals surface area contributed by atoms with Crippen molar-refractivity contribution in [2.45, 2.75) is 52.4 Å². The first-order valence-corrected chi connectivity index (χ1v) is 26.5. The van der Waals surface area contributed by atoms with Gasteiger partial charge in [0.2, 0.25) is 0 Å². The van der Waals surface area contributed by atoms with Gasteiger partial charge in [-0.1, -0.05) is 148 Å². The van der Waals surface area contributed by atoms with E-state index >= 15 is 0 Å². The Balaban J connectivity index is 0.856. The summed E-state index contributed by atoms with van der Waals surface area (Å²) in [5.41, 5.74) is 19.0. The van der Waals surface area contributed by atoms with Gasteiger partial charge in [-0.05, 0) is 181 Å². The third-order valence-corrected chi connectivity index (χ3v) is 14.6. The van der Waals surface area contributed by atoms with E-state index in [0.717, 1.165) is 58.1 Å². The Morgan fingerprint density at radius 2 is 0.622 bits per heavy atom. The molecule has 0 aliphatic carbocycles. The van der Waals surface area contributed by atoms with Crippen molar-refractivity contribution in [2.24, 2.45) is 0 Å². The zero-order valence-electron chi connectivity index (χ0n) is 42.3. The lowest BCUT2D eigenvalue weighted by Crippen LogP contribution is -2.09. The zero-order valence-corrected chi connectivity index (χ0v) is 42.3. The maximum absolute atomic E-state index is 2.42. The van der Waals surface area contributed by atoms with Crippen LogP contribution in [-0.2, 0) is 12.8 Å². The average molecular weight is 957 g/mol. The fourth-order valence-electron chi connectivity index (χ4n) is 10.9. The molecule has 0 aliphatic rings. The summed E-state index contributed by atoms with van der Waals surface area (Å²) in [5, 5.41) is 5.08. The van der Waals surface area contributed by atoms with Crippen molar-refractivity contribution >= 4 is 89.9 Å². The van der Waals surface area contributed by atoms with E-state index in [4.69, 9.17) is 0 Å². The molecule has 2 heterocycles. The summed E-state index contributed by atoms with van der Waals surface area (Å²) >= 11 is 0. The third kappa shape index (κ3) is 9.05. The van der Waals surface area contributed by atoms with E-state index in [9.17, 15) is 0 Å². The van der Waals surface area contributed by atoms with Gasteiger partial charge in [-0.15, -0.1) is 0 Å². The quantitative estimate of drug-likeness (QED) is 0.0898. The molecule has 4 heteroatoms. The number of para-hydroxylation sites is 4. The van der Waals surface area contributed by atoms with Crippen LogP contribution >= 0.6 is 0 Å². The molecule has 0 aliphatic heterocycles. The molecule has 0 bridgehead atoms. The Hall–Kier alpha value is -8.86. The van der Waals surface area contributed by atoms with E-state index in [0.29, 0.717) is 0 Å². The number of benzene rings is 10. The summed E-state index contributed by atoms with van der Waals surface area (Å²) in [7, 11) is 0. The molecule has 12 rings (SSSR count). The van der Waals surface area contributed by atoms with Gasteiger partial charge in [-0.2, -0.15) is 0 Å². The minimum absolute atomic E-state index is 1.08. The van der Waals surface area contributed by atoms with Crippen molar-refractivity contribution in [1.82, 2.24) is 9.13 Å². The smallest absolute Gasteiger partial charge is 0.0542 e. The van der Waals surface area contributed by atoms with Gasteiger partial charge >= 0.3 is 0 Å². The van der Waals surface area contributed by atoms with E-state index in [1.807, 2.05) is 0 Å². The lowest BCUT2D eigenvalue weighted by atomic mass is 10.0. The highest BCUT2D eigenvalue weighted by molar-refractivity contribution is 6.12. The molecule has 0 atom stereocenters. The van der Waals surface area contributed by atoms with Crippen LogP contribution in [0.5, 0.6) is 0 Å². The lowest BCUT2D eigenvalue weighted by molar-refractivity contribution is 0.796. The number of rotatable bonds is 16. The second-order valence-electron chi connectivity index (χ2n) is 19.5. The predicted octanol–water partition coefficient (Wildman–Crippen LogP) is 19.7. The number of hydrogen-bond acceptors (Lipinski definition) is 2. The Morgan fingerprint density at radius 1 is 0.311 bits per heavy atom. The van der Waals surface area contributed by atoms with Crippen molar-refractivity contribution in [2.75, 3.05) is 9.80 Å². The highest BCUT2D eigenvalue weighted by atomic mass is 15.1. The summed E-state index contributed by atoms with van der Waals surface area (Å²) in [5.74, 6) is 0. The van der Waals surface area contributed by atoms with Gasteiger partial charge in [0.25, 0.3) is 0 Å². The molecule has 0 saturated heterocycles. The van der Waals surface area contributed by atoms with E-state index in [1.54, 1.807) is 0 Å². The normalized spacial score (nSPS) is 11.6. The highest BCUT2D eigenvalue weighted by Gasteiger charge is 2.20. The molecule has 0 fully saturated rings. The third-order valence-electron chi connectivity index (χ3n) is 14.6. The molecule has 0 amide bonds. The molecule has 0 unspecified atom stereocenters. The zero-order chi connectivity index (χ0) is 49.8. The van der Waals surface area contributed by atoms with Crippen LogP contribution < -0.4 is 9.80 Å². The van der Waals surface area contributed by atoms with Crippen LogP contribution in [0.25, 0.3) is 67.1 Å². The molecule has 74 heavy (non-hydrogen) atoms. The Bertz CT molecular complexity index is 3630. The molecule has 12 aromatic rings. The van der Waals surface area contributed by atoms with Gasteiger partial charge < -0.3 is 18.9 Å². The first kappa shape index (κ1) is 46.2. The van der Waals surface area contributed by atoms with E-state index < -0.39 is 0 Å². The molecule has 2 aromatic heterocycles. The monoisotopic (exact) mass is 956 g/mol. The van der Waals surface area contributed by atoms with Crippen molar-refractivity contribution in [1.29, 1.82) is 0 Å². The fraction of sp³-hybridized carbons (Fsp3) is 0.114. The summed E-state index contributed by atoms with van der Waals surface area (Å²) < 4.78 is 4.82. The van der Waals surface area contributed by atoms with Crippen molar-refractivity contribution in [3.63, 3.8) is 0 Å². The van der Waals surface area contributed by atoms with Gasteiger partial charge in [-0.3, -0.25) is 0 Å². The summed E-state index contributed by atoms with van der Waals surface area (Å²) in [6, 6.07) is 88.9. The first-order chi connectivity index (χ1) is 36.6. The lowest BCUT2D eigenvalue weighted by Gasteiger charge is -2.26. The number of unbranched alkanes of at least 4 members (excludes halogenated alkanes) is 2. The highest BCUT2D eigenvalue weighted by Crippen LogP contribution is 2.42. The van der Waals surface area contributed by atoms with Crippen LogP contribution in [0.2, 0.25) is 0 Å². The number of aryl methyl sites for hydroxylation is 2. The van der Waals surface area contributed by atoms with Crippen LogP contribution in [0, 0.1) is 0 Å². The Labute approximate surface area is 435 Å². The van der Waals surface area contributed by atoms with Crippen molar-refractivity contribution in [3.05, 3.63) is 265 Å². The largest absolute Gasteiger partial charge is 0.310 e. The topological polar surface area (TPSA) is 16.3 Å². The van der Waals surface area contributed by atoms with Gasteiger partial charge in [0.05, 0.1) is 22.1 Å². The van der Waals surface area contributed by atoms with Gasteiger partial charge in [0.1, 0.15) is 0 Å². The average Bonchev–Trinajstić information content (AvgIpc) is 3.99. The van der Waals surface area contributed by atoms with Gasteiger partial charge in [0, 0.05) is 67.0 Å². The summed E-state index contributed by atoms with van der Waals surface area (Å²) in [4.78, 5) is 4.75. The number of nitrogens with zero attached hydrogens (tertiary/aromatic N) is 4. The van der Waals surface area contributed by atoms with Gasteiger partial charge in [-0.25, -0.2) is 0 Å². The summed E-state index contributed by atoms with van der Waals surface area (Å²) in [6.45, 7) is 4.53. The standard InChI is InChI=1S/C70H60N4/c1-3-5-19-53-35-43-67-63(47-53)65-49-61(41-45-69(65)73(67)57-25-15-9-16-26-57)71(55-21-11-7-12-22-55)59-37-31-51(32-38-59)29-30-52-33-39-60(40-34-52)72(56-23-13-8-14-24-56)62-42-46-70-66(50-62)64-48-54(20-6-4-2)36-44-68(64)74(70)58-27-17-10-18-28-58/h7-18,21-50H,3-6,19-20H2,1-2H3. The van der Waals surface area contributed by atoms with Crippen LogP contribution in [0.4, 0.5) is 34.1 Å². The second-order valence-corrected chi connectivity index (χ2v) is 19.5. The Kier molecular flexibility index (Phi) is 12.9. The molecular weight excluding hydrogens is 897 g/mol. The van der Waals surface area contributed by atoms with Crippen molar-refractivity contribution in [3.8, 4) is 11.4 Å². The predicted molar refractivity (Wildman–Crippen MR) is 317 cm³/mol. The number of aromatic nitrogens is 2. The van der Waals surface area contributed by atoms with E-state index in [2.05, 4.69) is 288 Å². The molecule has 360 valence electrons. The van der Waals surface area contributed by atoms with E-state index in [1.165, 1.54) is 91.8 Å². The molecule has 0 spiro atoms. The van der Waals surface area contributed by atoms with Crippen LogP contribution in [0.3, 0.4) is 0 Å². The molecule has 10 aromatic carbocycles. The Morgan fingerprint density at radius 3 is 0.986 bits per heavy atom. The molecular formula is C70H60N4. The molecule has 0 N–H and O–H groups in total. The summed E-state index contributed by atoms with van der Waals surface area (Å²) in [6.07, 6.45) is 11.3. The number of hydrogen-bond donors (Lipinski definition) is 0. The molecule has 4 nitrogen and oxygen atoms in total. The second kappa shape index (κ2) is 20.7. The fourth-order valence-corrected chi connectivity index (χ4v) is 10.9. The minimum atomic E-state index is 1.08. The van der Waals surface area contributed by atoms with Crippen molar-refractivity contribution < 1.29 is 0 Å². The van der Waals surface area contributed by atoms with Crippen LogP contribution in [0.1, 0.15) is 61.8 Å². The van der Waals surface area contributed by atoms with Crippen LogP contribution in [-0.4, -0.2) is 9.13 Å². The first-order valence-electron chi connectivity index (χ1n) is 26.5. The number of fused-ring (bicyclic) bond motifs is 6. The number of anilines is 6.